The zero-order valence-corrected chi connectivity index (χ0v) is 21.9. The third-order valence-corrected chi connectivity index (χ3v) is 6.86. The molecule has 1 amide bonds. The highest BCUT2D eigenvalue weighted by atomic mass is 32.2. The van der Waals surface area contributed by atoms with Crippen molar-refractivity contribution in [2.24, 2.45) is 0 Å². The minimum absolute atomic E-state index is 0.0629. The highest BCUT2D eigenvalue weighted by molar-refractivity contribution is 7.99. The van der Waals surface area contributed by atoms with Crippen molar-refractivity contribution in [2.45, 2.75) is 11.6 Å². The molecule has 0 saturated heterocycles. The molecule has 0 atom stereocenters. The van der Waals surface area contributed by atoms with E-state index in [-0.39, 0.29) is 5.91 Å². The monoisotopic (exact) mass is 522 g/mol. The summed E-state index contributed by atoms with van der Waals surface area (Å²) in [5.74, 6) is 1.97. The van der Waals surface area contributed by atoms with E-state index in [0.29, 0.717) is 28.7 Å². The summed E-state index contributed by atoms with van der Waals surface area (Å²) in [7, 11) is 3.27. The molecule has 38 heavy (non-hydrogen) atoms. The van der Waals surface area contributed by atoms with Crippen molar-refractivity contribution in [1.82, 2.24) is 15.2 Å². The maximum Gasteiger partial charge on any atom is 0.225 e. The SMILES string of the molecule is COc1ccc(-c2nnc(SCCC(=O)Nc3cccc4ccccc34)nc2-c2ccc(OC)cc2)cc1. The number of nitrogens with one attached hydrogen (secondary N) is 1. The number of carbonyl (C=O) groups excluding carboxylic acids is 1. The topological polar surface area (TPSA) is 86.2 Å². The van der Waals surface area contributed by atoms with Crippen molar-refractivity contribution in [3.8, 4) is 34.0 Å². The van der Waals surface area contributed by atoms with Crippen LogP contribution in [0.1, 0.15) is 6.42 Å². The molecule has 0 fully saturated rings. The molecule has 5 aromatic rings. The van der Waals surface area contributed by atoms with Gasteiger partial charge in [0.2, 0.25) is 11.1 Å². The number of hydrogen-bond acceptors (Lipinski definition) is 7. The molecule has 0 aliphatic heterocycles. The van der Waals surface area contributed by atoms with Gasteiger partial charge >= 0.3 is 0 Å². The summed E-state index contributed by atoms with van der Waals surface area (Å²) in [4.78, 5) is 17.5. The van der Waals surface area contributed by atoms with E-state index in [0.717, 1.165) is 39.1 Å². The summed E-state index contributed by atoms with van der Waals surface area (Å²) >= 11 is 1.40. The van der Waals surface area contributed by atoms with Crippen LogP contribution < -0.4 is 14.8 Å². The highest BCUT2D eigenvalue weighted by Crippen LogP contribution is 2.32. The molecule has 8 heteroatoms. The van der Waals surface area contributed by atoms with Crippen LogP contribution in [0.15, 0.2) is 96.2 Å². The Kier molecular flexibility index (Phi) is 7.80. The van der Waals surface area contributed by atoms with Crippen LogP contribution in [0.2, 0.25) is 0 Å². The summed E-state index contributed by atoms with van der Waals surface area (Å²) in [6, 6.07) is 29.2. The first-order valence-electron chi connectivity index (χ1n) is 12.1. The summed E-state index contributed by atoms with van der Waals surface area (Å²) in [5, 5.41) is 14.5. The standard InChI is InChI=1S/C30H26N4O3S/c1-36-23-14-10-21(11-15-23)28-29(22-12-16-24(37-2)17-13-22)33-34-30(32-28)38-19-18-27(35)31-26-9-5-7-20-6-3-4-8-25(20)26/h3-17H,18-19H2,1-2H3,(H,31,35). The van der Waals surface area contributed by atoms with Gasteiger partial charge in [-0.05, 0) is 60.0 Å². The van der Waals surface area contributed by atoms with Gasteiger partial charge in [0.05, 0.1) is 14.2 Å². The third-order valence-electron chi connectivity index (χ3n) is 6.02. The Bertz CT molecular complexity index is 1550. The first-order valence-corrected chi connectivity index (χ1v) is 13.1. The van der Waals surface area contributed by atoms with Crippen LogP contribution >= 0.6 is 11.8 Å². The van der Waals surface area contributed by atoms with E-state index >= 15 is 0 Å². The van der Waals surface area contributed by atoms with Crippen LogP contribution in [0.25, 0.3) is 33.3 Å². The van der Waals surface area contributed by atoms with Gasteiger partial charge in [-0.1, -0.05) is 48.2 Å². The predicted molar refractivity (Wildman–Crippen MR) is 152 cm³/mol. The molecule has 0 aliphatic carbocycles. The second kappa shape index (κ2) is 11.7. The van der Waals surface area contributed by atoms with Crippen molar-refractivity contribution in [3.05, 3.63) is 91.0 Å². The Morgan fingerprint density at radius 2 is 1.39 bits per heavy atom. The predicted octanol–water partition coefficient (Wildman–Crippen LogP) is 6.50. The molecule has 0 unspecified atom stereocenters. The van der Waals surface area contributed by atoms with Gasteiger partial charge in [0.25, 0.3) is 0 Å². The second-order valence-corrected chi connectivity index (χ2v) is 9.48. The molecule has 7 nitrogen and oxygen atoms in total. The van der Waals surface area contributed by atoms with Crippen molar-refractivity contribution >= 4 is 34.1 Å². The smallest absolute Gasteiger partial charge is 0.225 e. The number of hydrogen-bond donors (Lipinski definition) is 1. The molecular formula is C30H26N4O3S. The van der Waals surface area contributed by atoms with Gasteiger partial charge in [0, 0.05) is 34.4 Å². The van der Waals surface area contributed by atoms with Gasteiger partial charge < -0.3 is 14.8 Å². The normalized spacial score (nSPS) is 10.8. The molecule has 1 N–H and O–H groups in total. The fourth-order valence-electron chi connectivity index (χ4n) is 4.05. The Labute approximate surface area is 225 Å². The summed E-state index contributed by atoms with van der Waals surface area (Å²) in [6.07, 6.45) is 0.315. The molecule has 0 spiro atoms. The number of anilines is 1. The van der Waals surface area contributed by atoms with E-state index in [1.165, 1.54) is 11.8 Å². The van der Waals surface area contributed by atoms with Crippen LogP contribution in [-0.2, 0) is 4.79 Å². The molecule has 190 valence electrons. The van der Waals surface area contributed by atoms with Crippen molar-refractivity contribution < 1.29 is 14.3 Å². The maximum absolute atomic E-state index is 12.7. The molecule has 4 aromatic carbocycles. The molecule has 0 aliphatic rings. The van der Waals surface area contributed by atoms with Crippen LogP contribution in [-0.4, -0.2) is 41.1 Å². The van der Waals surface area contributed by atoms with Gasteiger partial charge in [-0.25, -0.2) is 4.98 Å². The largest absolute Gasteiger partial charge is 0.497 e. The van der Waals surface area contributed by atoms with Gasteiger partial charge in [-0.15, -0.1) is 10.2 Å². The Balaban J connectivity index is 1.32. The number of aromatic nitrogens is 3. The number of fused-ring (bicyclic) bond motifs is 1. The average Bonchev–Trinajstić information content (AvgIpc) is 2.97. The minimum atomic E-state index is -0.0629. The number of amides is 1. The summed E-state index contributed by atoms with van der Waals surface area (Å²) < 4.78 is 10.6. The molecule has 1 aromatic heterocycles. The van der Waals surface area contributed by atoms with Crippen LogP contribution in [0, 0.1) is 0 Å². The molecule has 5 rings (SSSR count). The summed E-state index contributed by atoms with van der Waals surface area (Å²) in [6.45, 7) is 0. The Morgan fingerprint density at radius 1 is 0.763 bits per heavy atom. The van der Waals surface area contributed by atoms with Gasteiger partial charge in [0.1, 0.15) is 22.9 Å². The number of ether oxygens (including phenoxy) is 2. The number of methoxy groups -OCH3 is 2. The van der Waals surface area contributed by atoms with Crippen LogP contribution in [0.5, 0.6) is 11.5 Å². The lowest BCUT2D eigenvalue weighted by atomic mass is 10.0. The number of nitrogens with zero attached hydrogens (tertiary/aromatic N) is 3. The Hall–Kier alpha value is -4.43. The van der Waals surface area contributed by atoms with E-state index in [9.17, 15) is 4.79 Å². The lowest BCUT2D eigenvalue weighted by molar-refractivity contribution is -0.115. The van der Waals surface area contributed by atoms with E-state index in [1.807, 2.05) is 91.0 Å². The lowest BCUT2D eigenvalue weighted by Gasteiger charge is -2.11. The second-order valence-electron chi connectivity index (χ2n) is 8.42. The molecule has 0 saturated carbocycles. The quantitative estimate of drug-likeness (QED) is 0.221. The van der Waals surface area contributed by atoms with E-state index < -0.39 is 0 Å². The zero-order chi connectivity index (χ0) is 26.3. The van der Waals surface area contributed by atoms with Gasteiger partial charge in [0.15, 0.2) is 0 Å². The first kappa shape index (κ1) is 25.2. The lowest BCUT2D eigenvalue weighted by Crippen LogP contribution is -2.12. The molecule has 0 radical (unpaired) electrons. The fraction of sp³-hybridized carbons (Fsp3) is 0.133. The van der Waals surface area contributed by atoms with Gasteiger partial charge in [-0.3, -0.25) is 4.79 Å². The Morgan fingerprint density at radius 3 is 2.08 bits per heavy atom. The minimum Gasteiger partial charge on any atom is -0.497 e. The third kappa shape index (κ3) is 5.76. The number of carbonyl (C=O) groups is 1. The van der Waals surface area contributed by atoms with E-state index in [2.05, 4.69) is 15.5 Å². The average molecular weight is 523 g/mol. The first-order chi connectivity index (χ1) is 18.6. The van der Waals surface area contributed by atoms with E-state index in [1.54, 1.807) is 14.2 Å². The van der Waals surface area contributed by atoms with Crippen LogP contribution in [0.3, 0.4) is 0 Å². The molecule has 0 bridgehead atoms. The molecular weight excluding hydrogens is 496 g/mol. The molecule has 1 heterocycles. The number of rotatable bonds is 9. The van der Waals surface area contributed by atoms with Gasteiger partial charge in [-0.2, -0.15) is 0 Å². The number of thioether (sulfide) groups is 1. The fourth-order valence-corrected chi connectivity index (χ4v) is 4.77. The van der Waals surface area contributed by atoms with Crippen LogP contribution in [0.4, 0.5) is 5.69 Å². The zero-order valence-electron chi connectivity index (χ0n) is 21.0. The maximum atomic E-state index is 12.7. The van der Waals surface area contributed by atoms with Crippen molar-refractivity contribution in [2.75, 3.05) is 25.3 Å². The van der Waals surface area contributed by atoms with Crippen molar-refractivity contribution in [3.63, 3.8) is 0 Å². The highest BCUT2D eigenvalue weighted by Gasteiger charge is 2.15. The van der Waals surface area contributed by atoms with Crippen molar-refractivity contribution in [1.29, 1.82) is 0 Å². The van der Waals surface area contributed by atoms with E-state index in [4.69, 9.17) is 14.5 Å². The number of benzene rings is 4. The summed E-state index contributed by atoms with van der Waals surface area (Å²) in [5.41, 5.74) is 3.94.